The second kappa shape index (κ2) is 14.8. The minimum atomic E-state index is -0.206. The zero-order chi connectivity index (χ0) is 40.2. The molecule has 0 saturated heterocycles. The summed E-state index contributed by atoms with van der Waals surface area (Å²) in [5.74, 6) is 1.94. The molecular formula is C57H43N3. The van der Waals surface area contributed by atoms with Crippen LogP contribution in [0.3, 0.4) is 0 Å². The van der Waals surface area contributed by atoms with Gasteiger partial charge in [-0.2, -0.15) is 0 Å². The number of nitrogens with zero attached hydrogens (tertiary/aromatic N) is 3. The van der Waals surface area contributed by atoms with Crippen LogP contribution in [0.25, 0.3) is 54.6 Å². The van der Waals surface area contributed by atoms with Gasteiger partial charge in [0.1, 0.15) is 12.0 Å². The van der Waals surface area contributed by atoms with E-state index < -0.39 is 0 Å². The molecule has 0 aromatic heterocycles. The zero-order valence-corrected chi connectivity index (χ0v) is 33.8. The fourth-order valence-electron chi connectivity index (χ4n) is 9.72. The molecule has 9 aromatic rings. The average Bonchev–Trinajstić information content (AvgIpc) is 3.31. The molecule has 11 rings (SSSR count). The monoisotopic (exact) mass is 769 g/mol. The highest BCUT2D eigenvalue weighted by Crippen LogP contribution is 2.45. The summed E-state index contributed by atoms with van der Waals surface area (Å²) in [4.78, 5) is 12.8. The molecular weight excluding hydrogens is 727 g/mol. The summed E-state index contributed by atoms with van der Waals surface area (Å²) in [6.45, 7) is 2.38. The number of aliphatic imine (C=N–C) groups is 2. The molecule has 0 bridgehead atoms. The van der Waals surface area contributed by atoms with Crippen LogP contribution in [0.1, 0.15) is 52.0 Å². The molecule has 2 unspecified atom stereocenters. The van der Waals surface area contributed by atoms with Crippen molar-refractivity contribution in [2.75, 3.05) is 7.05 Å². The summed E-state index contributed by atoms with van der Waals surface area (Å²) in [6, 6.07) is 72.7. The first-order valence-corrected chi connectivity index (χ1v) is 21.0. The van der Waals surface area contributed by atoms with Crippen LogP contribution < -0.4 is 0 Å². The first-order chi connectivity index (χ1) is 29.6. The SMILES string of the molecule is CC1Cc2ccccc2C(c2cccc(-c3ccc4c5ccccc5c5ccccc5c4c3)c2)=C1c1cccc(C2=NC(c3ccccc3)N(C)C(c3ccccc3)=N2)c1. The standard InChI is InChI=1S/C57H43N3/c1-37-33-42-21-9-10-26-46(42)54(44-24-15-22-40(34-44)41-31-32-51-49-29-12-11-27-47(49)48-28-13-14-30-50(48)52(51)36-41)53(37)43-23-16-25-45(35-43)55-58-56(38-17-5-3-6-18-38)60(2)57(59-55)39-19-7-4-8-20-39/h3-32,34-37,56H,33H2,1-2H3. The Morgan fingerprint density at radius 2 is 0.983 bits per heavy atom. The number of benzene rings is 9. The predicted molar refractivity (Wildman–Crippen MR) is 253 cm³/mol. The lowest BCUT2D eigenvalue weighted by molar-refractivity contribution is 0.383. The second-order valence-corrected chi connectivity index (χ2v) is 16.2. The Bertz CT molecular complexity index is 3180. The van der Waals surface area contributed by atoms with Crippen molar-refractivity contribution >= 4 is 55.1 Å². The topological polar surface area (TPSA) is 28.0 Å². The molecule has 3 heteroatoms. The van der Waals surface area contributed by atoms with Crippen molar-refractivity contribution in [2.24, 2.45) is 15.9 Å². The lowest BCUT2D eigenvalue weighted by atomic mass is 9.74. The largest absolute Gasteiger partial charge is 0.333 e. The van der Waals surface area contributed by atoms with Crippen molar-refractivity contribution in [2.45, 2.75) is 19.5 Å². The van der Waals surface area contributed by atoms with Gasteiger partial charge in [-0.05, 0) is 113 Å². The minimum Gasteiger partial charge on any atom is -0.333 e. The number of amidine groups is 2. The normalized spacial score (nSPS) is 16.5. The van der Waals surface area contributed by atoms with Gasteiger partial charge in [0.05, 0.1) is 0 Å². The highest BCUT2D eigenvalue weighted by molar-refractivity contribution is 6.25. The van der Waals surface area contributed by atoms with Crippen LogP contribution in [0.15, 0.2) is 210 Å². The molecule has 1 aliphatic heterocycles. The summed E-state index contributed by atoms with van der Waals surface area (Å²) in [6.07, 6.45) is 0.769. The fraction of sp³-hybridized carbons (Fsp3) is 0.0877. The molecule has 0 amide bonds. The number of rotatable bonds is 6. The van der Waals surface area contributed by atoms with E-state index in [0.717, 1.165) is 34.8 Å². The van der Waals surface area contributed by atoms with Gasteiger partial charge in [-0.15, -0.1) is 0 Å². The van der Waals surface area contributed by atoms with Crippen LogP contribution in [-0.2, 0) is 6.42 Å². The van der Waals surface area contributed by atoms with Crippen molar-refractivity contribution in [3.8, 4) is 11.1 Å². The molecule has 0 N–H and O–H groups in total. The highest BCUT2D eigenvalue weighted by Gasteiger charge is 2.29. The molecule has 1 aliphatic carbocycles. The van der Waals surface area contributed by atoms with Gasteiger partial charge >= 0.3 is 0 Å². The van der Waals surface area contributed by atoms with E-state index >= 15 is 0 Å². The van der Waals surface area contributed by atoms with Crippen LogP contribution in [0.5, 0.6) is 0 Å². The lowest BCUT2D eigenvalue weighted by Crippen LogP contribution is -2.35. The van der Waals surface area contributed by atoms with E-state index in [-0.39, 0.29) is 12.1 Å². The molecule has 2 atom stereocenters. The summed E-state index contributed by atoms with van der Waals surface area (Å²) in [5.41, 5.74) is 13.4. The maximum Gasteiger partial charge on any atom is 0.159 e. The zero-order valence-electron chi connectivity index (χ0n) is 33.8. The fourth-order valence-corrected chi connectivity index (χ4v) is 9.72. The van der Waals surface area contributed by atoms with Gasteiger partial charge in [0, 0.05) is 18.2 Å². The van der Waals surface area contributed by atoms with Gasteiger partial charge in [0.15, 0.2) is 5.84 Å². The average molecular weight is 770 g/mol. The van der Waals surface area contributed by atoms with E-state index in [2.05, 4.69) is 219 Å². The molecule has 0 spiro atoms. The first kappa shape index (κ1) is 35.8. The van der Waals surface area contributed by atoms with Crippen LogP contribution in [0.4, 0.5) is 0 Å². The van der Waals surface area contributed by atoms with E-state index in [4.69, 9.17) is 9.98 Å². The van der Waals surface area contributed by atoms with E-state index in [1.54, 1.807) is 0 Å². The first-order valence-electron chi connectivity index (χ1n) is 21.0. The Labute approximate surface area is 351 Å². The van der Waals surface area contributed by atoms with E-state index in [1.165, 1.54) is 76.8 Å². The van der Waals surface area contributed by atoms with Crippen molar-refractivity contribution < 1.29 is 0 Å². The molecule has 2 aliphatic rings. The maximum absolute atomic E-state index is 5.34. The second-order valence-electron chi connectivity index (χ2n) is 16.2. The van der Waals surface area contributed by atoms with Gasteiger partial charge in [-0.3, -0.25) is 0 Å². The Morgan fingerprint density at radius 1 is 0.450 bits per heavy atom. The third-order valence-corrected chi connectivity index (χ3v) is 12.5. The van der Waals surface area contributed by atoms with Crippen molar-refractivity contribution in [3.63, 3.8) is 0 Å². The van der Waals surface area contributed by atoms with Gasteiger partial charge in [-0.25, -0.2) is 9.98 Å². The molecule has 0 radical (unpaired) electrons. The van der Waals surface area contributed by atoms with Crippen LogP contribution >= 0.6 is 0 Å². The van der Waals surface area contributed by atoms with Crippen molar-refractivity contribution in [1.82, 2.24) is 4.90 Å². The highest BCUT2D eigenvalue weighted by atomic mass is 15.3. The summed E-state index contributed by atoms with van der Waals surface area (Å²) >= 11 is 0. The molecule has 60 heavy (non-hydrogen) atoms. The number of hydrogen-bond donors (Lipinski definition) is 0. The molecule has 0 fully saturated rings. The summed E-state index contributed by atoms with van der Waals surface area (Å²) in [5, 5.41) is 7.73. The molecule has 1 heterocycles. The number of allylic oxidation sites excluding steroid dienone is 1. The van der Waals surface area contributed by atoms with Crippen molar-refractivity contribution in [1.29, 1.82) is 0 Å². The molecule has 9 aromatic carbocycles. The lowest BCUT2D eigenvalue weighted by Gasteiger charge is -2.32. The van der Waals surface area contributed by atoms with Gasteiger partial charge in [0.2, 0.25) is 0 Å². The van der Waals surface area contributed by atoms with Gasteiger partial charge in [0.25, 0.3) is 0 Å². The van der Waals surface area contributed by atoms with E-state index in [9.17, 15) is 0 Å². The quantitative estimate of drug-likeness (QED) is 0.155. The molecule has 3 nitrogen and oxygen atoms in total. The van der Waals surface area contributed by atoms with Gasteiger partial charge in [-0.1, -0.05) is 189 Å². The third kappa shape index (κ3) is 6.13. The maximum atomic E-state index is 5.34. The minimum absolute atomic E-state index is 0.206. The van der Waals surface area contributed by atoms with E-state index in [1.807, 2.05) is 0 Å². The van der Waals surface area contributed by atoms with Crippen LogP contribution in [-0.4, -0.2) is 23.6 Å². The van der Waals surface area contributed by atoms with E-state index in [0.29, 0.717) is 0 Å². The van der Waals surface area contributed by atoms with Crippen molar-refractivity contribution in [3.05, 3.63) is 239 Å². The van der Waals surface area contributed by atoms with Crippen LogP contribution in [0.2, 0.25) is 0 Å². The smallest absolute Gasteiger partial charge is 0.159 e. The van der Waals surface area contributed by atoms with Gasteiger partial charge < -0.3 is 4.90 Å². The Balaban J connectivity index is 1.07. The van der Waals surface area contributed by atoms with Crippen LogP contribution in [0, 0.1) is 5.92 Å². The molecule has 0 saturated carbocycles. The summed E-state index contributed by atoms with van der Waals surface area (Å²) in [7, 11) is 2.09. The Kier molecular flexibility index (Phi) is 8.82. The number of hydrogen-bond acceptors (Lipinski definition) is 3. The third-order valence-electron chi connectivity index (χ3n) is 12.5. The summed E-state index contributed by atoms with van der Waals surface area (Å²) < 4.78 is 0. The Morgan fingerprint density at radius 3 is 1.72 bits per heavy atom. The Hall–Kier alpha value is -7.36. The molecule has 286 valence electrons. The predicted octanol–water partition coefficient (Wildman–Crippen LogP) is 13.8. The number of fused-ring (bicyclic) bond motifs is 7.